The van der Waals surface area contributed by atoms with Gasteiger partial charge >= 0.3 is 0 Å². The van der Waals surface area contributed by atoms with Crippen molar-refractivity contribution in [2.45, 2.75) is 116 Å². The molecule has 0 saturated carbocycles. The van der Waals surface area contributed by atoms with Crippen LogP contribution in [-0.4, -0.2) is 34.9 Å². The maximum atomic E-state index is 11.3. The Morgan fingerprint density at radius 1 is 0.833 bits per heavy atom. The predicted octanol–water partition coefficient (Wildman–Crippen LogP) is 4.33. The topological polar surface area (TPSA) is 69.6 Å². The standard InChI is InChI=1S/C20H41NO3/c1-3-5-6-7-8-9-10-11-12-13-14-15-16-19(23)18(17-22)21-20(24)4-2/h18-19,22-23H,3-17H2,1-2H3,(H,21,24). The van der Waals surface area contributed by atoms with Crippen LogP contribution in [0.3, 0.4) is 0 Å². The van der Waals surface area contributed by atoms with E-state index < -0.39 is 12.1 Å². The summed E-state index contributed by atoms with van der Waals surface area (Å²) in [5.41, 5.74) is 0. The highest BCUT2D eigenvalue weighted by Crippen LogP contribution is 2.13. The molecule has 0 aromatic rings. The number of rotatable bonds is 17. The van der Waals surface area contributed by atoms with Crippen LogP contribution >= 0.6 is 0 Å². The predicted molar refractivity (Wildman–Crippen MR) is 101 cm³/mol. The molecule has 3 N–H and O–H groups in total. The van der Waals surface area contributed by atoms with Gasteiger partial charge in [-0.3, -0.25) is 4.79 Å². The highest BCUT2D eigenvalue weighted by Gasteiger charge is 2.19. The number of amides is 1. The number of aliphatic hydroxyl groups excluding tert-OH is 2. The van der Waals surface area contributed by atoms with Crippen LogP contribution in [0.15, 0.2) is 0 Å². The Hall–Kier alpha value is -0.610. The van der Waals surface area contributed by atoms with Crippen LogP contribution in [0.1, 0.15) is 104 Å². The van der Waals surface area contributed by atoms with Crippen molar-refractivity contribution in [1.82, 2.24) is 5.32 Å². The fourth-order valence-electron chi connectivity index (χ4n) is 2.97. The SMILES string of the molecule is CCCCCCCCCCCCCCC(O)C(CO)NC(=O)CC. The molecule has 144 valence electrons. The van der Waals surface area contributed by atoms with E-state index >= 15 is 0 Å². The normalized spacial score (nSPS) is 13.7. The number of nitrogens with one attached hydrogen (secondary N) is 1. The second kappa shape index (κ2) is 17.2. The first-order chi connectivity index (χ1) is 11.7. The first kappa shape index (κ1) is 23.4. The average Bonchev–Trinajstić information content (AvgIpc) is 2.60. The summed E-state index contributed by atoms with van der Waals surface area (Å²) >= 11 is 0. The largest absolute Gasteiger partial charge is 0.394 e. The highest BCUT2D eigenvalue weighted by atomic mass is 16.3. The smallest absolute Gasteiger partial charge is 0.220 e. The van der Waals surface area contributed by atoms with Gasteiger partial charge in [0.15, 0.2) is 0 Å². The summed E-state index contributed by atoms with van der Waals surface area (Å²) in [5.74, 6) is -0.122. The third kappa shape index (κ3) is 13.8. The minimum atomic E-state index is -0.645. The molecule has 24 heavy (non-hydrogen) atoms. The van der Waals surface area contributed by atoms with Crippen LogP contribution in [0.25, 0.3) is 0 Å². The number of unbranched alkanes of at least 4 members (excludes halogenated alkanes) is 11. The number of carbonyl (C=O) groups excluding carboxylic acids is 1. The Morgan fingerprint density at radius 2 is 1.29 bits per heavy atom. The molecule has 4 heteroatoms. The zero-order valence-corrected chi connectivity index (χ0v) is 16.1. The van der Waals surface area contributed by atoms with Crippen molar-refractivity contribution in [2.75, 3.05) is 6.61 Å². The third-order valence-corrected chi connectivity index (χ3v) is 4.68. The molecular weight excluding hydrogens is 302 g/mol. The molecule has 2 atom stereocenters. The number of aliphatic hydroxyl groups is 2. The van der Waals surface area contributed by atoms with E-state index in [1.54, 1.807) is 6.92 Å². The van der Waals surface area contributed by atoms with Crippen LogP contribution in [0, 0.1) is 0 Å². The molecule has 2 unspecified atom stereocenters. The van der Waals surface area contributed by atoms with Gasteiger partial charge in [0.1, 0.15) is 0 Å². The lowest BCUT2D eigenvalue weighted by Crippen LogP contribution is -2.45. The van der Waals surface area contributed by atoms with Crippen molar-refractivity contribution < 1.29 is 15.0 Å². The average molecular weight is 344 g/mol. The van der Waals surface area contributed by atoms with Crippen LogP contribution in [0.4, 0.5) is 0 Å². The van der Waals surface area contributed by atoms with E-state index in [1.165, 1.54) is 64.2 Å². The summed E-state index contributed by atoms with van der Waals surface area (Å²) in [7, 11) is 0. The molecule has 0 heterocycles. The summed E-state index contributed by atoms with van der Waals surface area (Å²) in [6, 6.07) is -0.523. The van der Waals surface area contributed by atoms with Crippen LogP contribution < -0.4 is 5.32 Å². The van der Waals surface area contributed by atoms with Gasteiger partial charge in [-0.15, -0.1) is 0 Å². The minimum Gasteiger partial charge on any atom is -0.394 e. The van der Waals surface area contributed by atoms with Crippen molar-refractivity contribution in [1.29, 1.82) is 0 Å². The van der Waals surface area contributed by atoms with E-state index in [4.69, 9.17) is 0 Å². The van der Waals surface area contributed by atoms with Gasteiger partial charge in [0.25, 0.3) is 0 Å². The Kier molecular flexibility index (Phi) is 16.8. The van der Waals surface area contributed by atoms with Gasteiger partial charge < -0.3 is 15.5 Å². The zero-order chi connectivity index (χ0) is 18.0. The van der Waals surface area contributed by atoms with Crippen molar-refractivity contribution in [3.05, 3.63) is 0 Å². The molecule has 0 aliphatic rings. The fraction of sp³-hybridized carbons (Fsp3) is 0.950. The molecule has 1 amide bonds. The van der Waals surface area contributed by atoms with Gasteiger partial charge in [0, 0.05) is 6.42 Å². The molecule has 0 spiro atoms. The Morgan fingerprint density at radius 3 is 1.71 bits per heavy atom. The van der Waals surface area contributed by atoms with E-state index in [2.05, 4.69) is 12.2 Å². The summed E-state index contributed by atoms with van der Waals surface area (Å²) in [4.78, 5) is 11.3. The van der Waals surface area contributed by atoms with E-state index in [-0.39, 0.29) is 12.5 Å². The fourth-order valence-corrected chi connectivity index (χ4v) is 2.97. The number of carbonyl (C=O) groups is 1. The van der Waals surface area contributed by atoms with Crippen molar-refractivity contribution in [3.8, 4) is 0 Å². The Bertz CT molecular complexity index is 284. The van der Waals surface area contributed by atoms with E-state index in [0.29, 0.717) is 12.8 Å². The molecular formula is C20H41NO3. The van der Waals surface area contributed by atoms with Crippen LogP contribution in [0.2, 0.25) is 0 Å². The number of hydrogen-bond donors (Lipinski definition) is 3. The molecule has 0 fully saturated rings. The van der Waals surface area contributed by atoms with Crippen molar-refractivity contribution in [2.24, 2.45) is 0 Å². The molecule has 0 bridgehead atoms. The molecule has 0 aliphatic heterocycles. The molecule has 0 aliphatic carbocycles. The van der Waals surface area contributed by atoms with Crippen molar-refractivity contribution >= 4 is 5.91 Å². The quantitative estimate of drug-likeness (QED) is 0.344. The summed E-state index contributed by atoms with van der Waals surface area (Å²) in [6.07, 6.45) is 15.9. The van der Waals surface area contributed by atoms with Gasteiger partial charge in [-0.1, -0.05) is 90.9 Å². The summed E-state index contributed by atoms with van der Waals surface area (Å²) in [6.45, 7) is 3.82. The molecule has 0 saturated heterocycles. The second-order valence-electron chi connectivity index (χ2n) is 6.96. The minimum absolute atomic E-state index is 0.122. The van der Waals surface area contributed by atoms with Gasteiger partial charge in [-0.25, -0.2) is 0 Å². The molecule has 4 nitrogen and oxygen atoms in total. The van der Waals surface area contributed by atoms with E-state index in [9.17, 15) is 15.0 Å². The molecule has 0 radical (unpaired) electrons. The maximum Gasteiger partial charge on any atom is 0.220 e. The van der Waals surface area contributed by atoms with Gasteiger partial charge in [0.05, 0.1) is 18.8 Å². The first-order valence-corrected chi connectivity index (χ1v) is 10.2. The number of hydrogen-bond acceptors (Lipinski definition) is 3. The van der Waals surface area contributed by atoms with Gasteiger partial charge in [-0.05, 0) is 6.42 Å². The first-order valence-electron chi connectivity index (χ1n) is 10.2. The van der Waals surface area contributed by atoms with Crippen molar-refractivity contribution in [3.63, 3.8) is 0 Å². The lowest BCUT2D eigenvalue weighted by atomic mass is 10.0. The zero-order valence-electron chi connectivity index (χ0n) is 16.1. The van der Waals surface area contributed by atoms with Gasteiger partial charge in [0.2, 0.25) is 5.91 Å². The molecule has 0 aromatic carbocycles. The van der Waals surface area contributed by atoms with E-state index in [0.717, 1.165) is 12.8 Å². The highest BCUT2D eigenvalue weighted by molar-refractivity contribution is 5.75. The Labute approximate surface area is 149 Å². The lowest BCUT2D eigenvalue weighted by Gasteiger charge is -2.22. The van der Waals surface area contributed by atoms with Crippen LogP contribution in [-0.2, 0) is 4.79 Å². The monoisotopic (exact) mass is 343 g/mol. The van der Waals surface area contributed by atoms with E-state index in [1.807, 2.05) is 0 Å². The van der Waals surface area contributed by atoms with Crippen LogP contribution in [0.5, 0.6) is 0 Å². The summed E-state index contributed by atoms with van der Waals surface area (Å²) in [5, 5.41) is 22.0. The lowest BCUT2D eigenvalue weighted by molar-refractivity contribution is -0.122. The summed E-state index contributed by atoms with van der Waals surface area (Å²) < 4.78 is 0. The second-order valence-corrected chi connectivity index (χ2v) is 6.96. The van der Waals surface area contributed by atoms with Gasteiger partial charge in [-0.2, -0.15) is 0 Å². The maximum absolute atomic E-state index is 11.3. The third-order valence-electron chi connectivity index (χ3n) is 4.68. The Balaban J connectivity index is 3.43. The molecule has 0 aromatic heterocycles. The molecule has 0 rings (SSSR count).